The molecule has 0 aromatic heterocycles. The number of hydrogen-bond acceptors (Lipinski definition) is 9. The van der Waals surface area contributed by atoms with E-state index >= 15 is 0 Å². The molecule has 0 spiro atoms. The lowest BCUT2D eigenvalue weighted by molar-refractivity contribution is -0.384. The van der Waals surface area contributed by atoms with Crippen LogP contribution >= 0.6 is 0 Å². The first-order valence-corrected chi connectivity index (χ1v) is 9.86. The van der Waals surface area contributed by atoms with E-state index in [1.54, 1.807) is 18.2 Å². The number of esters is 1. The Morgan fingerprint density at radius 3 is 2.66 bits per heavy atom. The van der Waals surface area contributed by atoms with E-state index in [-0.39, 0.29) is 11.3 Å². The van der Waals surface area contributed by atoms with E-state index in [9.17, 15) is 19.7 Å². The van der Waals surface area contributed by atoms with Crippen LogP contribution in [0.3, 0.4) is 0 Å². The fraction of sp³-hybridized carbons (Fsp3) is 0.333. The highest BCUT2D eigenvalue weighted by molar-refractivity contribution is 5.99. The molecule has 3 rings (SSSR count). The zero-order valence-electron chi connectivity index (χ0n) is 17.4. The summed E-state index contributed by atoms with van der Waals surface area (Å²) in [5, 5.41) is 16.6. The normalized spacial score (nSPS) is 12.4. The molecule has 2 aromatic rings. The number of carbonyl (C=O) groups is 2. The third kappa shape index (κ3) is 6.08. The van der Waals surface area contributed by atoms with Crippen LogP contribution in [0.5, 0.6) is 11.5 Å². The van der Waals surface area contributed by atoms with Gasteiger partial charge < -0.3 is 29.6 Å². The monoisotopic (exact) mass is 445 g/mol. The van der Waals surface area contributed by atoms with Gasteiger partial charge in [-0.05, 0) is 18.2 Å². The number of nitro benzene ring substituents is 1. The van der Waals surface area contributed by atoms with E-state index in [4.69, 9.17) is 18.9 Å². The van der Waals surface area contributed by atoms with E-state index < -0.39 is 23.4 Å². The Labute approximate surface area is 183 Å². The van der Waals surface area contributed by atoms with Gasteiger partial charge in [0.15, 0.2) is 18.1 Å². The second-order valence-corrected chi connectivity index (χ2v) is 6.74. The molecule has 0 aliphatic carbocycles. The van der Waals surface area contributed by atoms with Gasteiger partial charge >= 0.3 is 5.97 Å². The molecule has 1 heterocycles. The molecule has 1 aliphatic rings. The van der Waals surface area contributed by atoms with Gasteiger partial charge in [0, 0.05) is 49.6 Å². The van der Waals surface area contributed by atoms with Gasteiger partial charge in [-0.3, -0.25) is 14.9 Å². The summed E-state index contributed by atoms with van der Waals surface area (Å²) in [6.07, 6.45) is 0.756. The first-order chi connectivity index (χ1) is 15.5. The molecular formula is C21H23N3O8. The zero-order valence-corrected chi connectivity index (χ0v) is 17.4. The number of methoxy groups -OCH3 is 1. The highest BCUT2D eigenvalue weighted by Gasteiger charge is 2.19. The number of non-ortho nitro benzene ring substituents is 1. The summed E-state index contributed by atoms with van der Waals surface area (Å²) in [7, 11) is 1.52. The van der Waals surface area contributed by atoms with Crippen molar-refractivity contribution in [3.05, 3.63) is 52.1 Å². The molecule has 170 valence electrons. The van der Waals surface area contributed by atoms with Gasteiger partial charge in [0.2, 0.25) is 0 Å². The van der Waals surface area contributed by atoms with Gasteiger partial charge in [-0.15, -0.1) is 0 Å². The lowest BCUT2D eigenvalue weighted by atomic mass is 10.1. The number of carbonyl (C=O) groups excluding carboxylic acids is 2. The van der Waals surface area contributed by atoms with Gasteiger partial charge in [-0.25, -0.2) is 4.79 Å². The van der Waals surface area contributed by atoms with Crippen LogP contribution in [0.2, 0.25) is 0 Å². The minimum atomic E-state index is -0.873. The third-order valence-electron chi connectivity index (χ3n) is 4.42. The Morgan fingerprint density at radius 1 is 1.12 bits per heavy atom. The van der Waals surface area contributed by atoms with E-state index in [0.717, 1.165) is 12.5 Å². The van der Waals surface area contributed by atoms with E-state index in [2.05, 4.69) is 10.6 Å². The maximum Gasteiger partial charge on any atom is 0.341 e. The van der Waals surface area contributed by atoms with Crippen molar-refractivity contribution in [1.82, 2.24) is 0 Å². The molecule has 11 heteroatoms. The molecule has 0 radical (unpaired) electrons. The first kappa shape index (κ1) is 22.8. The Kier molecular flexibility index (Phi) is 7.81. The predicted octanol–water partition coefficient (Wildman–Crippen LogP) is 2.61. The molecule has 0 saturated carbocycles. The predicted molar refractivity (Wildman–Crippen MR) is 114 cm³/mol. The standard InChI is InChI=1S/C21H23N3O8/c1-29-10-7-22-17-5-4-15(24(27)28)12-16(17)21(26)32-13-20(25)23-14-3-6-18-19(11-14)31-9-2-8-30-18/h3-6,11-12,22H,2,7-10,13H2,1H3,(H,23,25). The topological polar surface area (TPSA) is 138 Å². The van der Waals surface area contributed by atoms with Crippen LogP contribution in [0, 0.1) is 10.1 Å². The minimum Gasteiger partial charge on any atom is -0.490 e. The van der Waals surface area contributed by atoms with Crippen molar-refractivity contribution in [2.75, 3.05) is 50.7 Å². The van der Waals surface area contributed by atoms with E-state index in [1.165, 1.54) is 19.2 Å². The summed E-state index contributed by atoms with van der Waals surface area (Å²) in [5.41, 5.74) is 0.457. The summed E-state index contributed by atoms with van der Waals surface area (Å²) in [6.45, 7) is 1.22. The average Bonchev–Trinajstić information content (AvgIpc) is 3.02. The van der Waals surface area contributed by atoms with Crippen LogP contribution in [0.1, 0.15) is 16.8 Å². The number of ether oxygens (including phenoxy) is 4. The molecule has 2 aromatic carbocycles. The average molecular weight is 445 g/mol. The van der Waals surface area contributed by atoms with Gasteiger partial charge in [0.1, 0.15) is 0 Å². The van der Waals surface area contributed by atoms with Crippen LogP contribution in [-0.4, -0.2) is 56.9 Å². The number of hydrogen-bond donors (Lipinski definition) is 2. The molecule has 0 bridgehead atoms. The Hall–Kier alpha value is -3.86. The molecule has 0 unspecified atom stereocenters. The summed E-state index contributed by atoms with van der Waals surface area (Å²) >= 11 is 0. The van der Waals surface area contributed by atoms with Crippen molar-refractivity contribution in [1.29, 1.82) is 0 Å². The Morgan fingerprint density at radius 2 is 1.91 bits per heavy atom. The Balaban J connectivity index is 1.63. The van der Waals surface area contributed by atoms with Gasteiger partial charge in [0.25, 0.3) is 11.6 Å². The second kappa shape index (κ2) is 11.0. The third-order valence-corrected chi connectivity index (χ3v) is 4.42. The highest BCUT2D eigenvalue weighted by Crippen LogP contribution is 2.32. The van der Waals surface area contributed by atoms with Crippen molar-refractivity contribution in [3.8, 4) is 11.5 Å². The van der Waals surface area contributed by atoms with Crippen molar-refractivity contribution in [3.63, 3.8) is 0 Å². The molecule has 1 amide bonds. The van der Waals surface area contributed by atoms with Gasteiger partial charge in [0.05, 0.1) is 30.3 Å². The number of rotatable bonds is 9. The molecule has 1 aliphatic heterocycles. The van der Waals surface area contributed by atoms with Crippen molar-refractivity contribution in [2.24, 2.45) is 0 Å². The molecule has 0 atom stereocenters. The van der Waals surface area contributed by atoms with E-state index in [1.807, 2.05) is 0 Å². The lowest BCUT2D eigenvalue weighted by Crippen LogP contribution is -2.21. The Bertz CT molecular complexity index is 995. The van der Waals surface area contributed by atoms with Crippen LogP contribution < -0.4 is 20.1 Å². The molecule has 2 N–H and O–H groups in total. The largest absolute Gasteiger partial charge is 0.490 e. The van der Waals surface area contributed by atoms with Crippen LogP contribution in [0.25, 0.3) is 0 Å². The van der Waals surface area contributed by atoms with E-state index in [0.29, 0.717) is 49.2 Å². The number of nitro groups is 1. The molecule has 0 saturated heterocycles. The highest BCUT2D eigenvalue weighted by atomic mass is 16.6. The smallest absolute Gasteiger partial charge is 0.341 e. The molecule has 11 nitrogen and oxygen atoms in total. The van der Waals surface area contributed by atoms with Crippen LogP contribution in [-0.2, 0) is 14.3 Å². The SMILES string of the molecule is COCCNc1ccc([N+](=O)[O-])cc1C(=O)OCC(=O)Nc1ccc2c(c1)OCCCO2. The maximum atomic E-state index is 12.5. The number of anilines is 2. The van der Waals surface area contributed by atoms with Gasteiger partial charge in [-0.2, -0.15) is 0 Å². The minimum absolute atomic E-state index is 0.0568. The van der Waals surface area contributed by atoms with Crippen LogP contribution in [0.15, 0.2) is 36.4 Å². The number of nitrogens with one attached hydrogen (secondary N) is 2. The van der Waals surface area contributed by atoms with Crippen molar-refractivity contribution < 1.29 is 33.5 Å². The van der Waals surface area contributed by atoms with Crippen molar-refractivity contribution in [2.45, 2.75) is 6.42 Å². The lowest BCUT2D eigenvalue weighted by Gasteiger charge is -2.12. The van der Waals surface area contributed by atoms with Crippen LogP contribution in [0.4, 0.5) is 17.1 Å². The quantitative estimate of drug-likeness (QED) is 0.258. The van der Waals surface area contributed by atoms with Gasteiger partial charge in [-0.1, -0.05) is 0 Å². The molecule has 0 fully saturated rings. The summed E-state index contributed by atoms with van der Waals surface area (Å²) in [4.78, 5) is 35.2. The maximum absolute atomic E-state index is 12.5. The number of amides is 1. The molecule has 32 heavy (non-hydrogen) atoms. The molecular weight excluding hydrogens is 422 g/mol. The summed E-state index contributed by atoms with van der Waals surface area (Å²) < 4.78 is 21.1. The fourth-order valence-electron chi connectivity index (χ4n) is 2.90. The number of fused-ring (bicyclic) bond motifs is 1. The summed E-state index contributed by atoms with van der Waals surface area (Å²) in [5.74, 6) is -0.346. The number of benzene rings is 2. The fourth-order valence-corrected chi connectivity index (χ4v) is 2.90. The van der Waals surface area contributed by atoms with Crippen molar-refractivity contribution >= 4 is 28.9 Å². The first-order valence-electron chi connectivity index (χ1n) is 9.86. The second-order valence-electron chi connectivity index (χ2n) is 6.74. The summed E-state index contributed by atoms with van der Waals surface area (Å²) in [6, 6.07) is 8.72. The zero-order chi connectivity index (χ0) is 22.9. The number of nitrogens with zero attached hydrogens (tertiary/aromatic N) is 1.